The summed E-state index contributed by atoms with van der Waals surface area (Å²) in [4.78, 5) is 12.3. The Balaban J connectivity index is 1.45. The highest BCUT2D eigenvalue weighted by atomic mass is 35.5. The third kappa shape index (κ3) is 3.34. The van der Waals surface area contributed by atoms with Gasteiger partial charge in [-0.3, -0.25) is 0 Å². The van der Waals surface area contributed by atoms with E-state index in [-0.39, 0.29) is 18.1 Å². The molecule has 2 aromatic carbocycles. The van der Waals surface area contributed by atoms with Crippen LogP contribution >= 0.6 is 11.6 Å². The Hall–Kier alpha value is -3.06. The minimum atomic E-state index is -0.580. The van der Waals surface area contributed by atoms with Crippen molar-refractivity contribution >= 4 is 17.6 Å². The van der Waals surface area contributed by atoms with Gasteiger partial charge in [0.15, 0.2) is 18.1 Å². The first-order valence-electron chi connectivity index (χ1n) is 7.85. The Morgan fingerprint density at radius 3 is 2.77 bits per heavy atom. The minimum Gasteiger partial charge on any atom is -0.486 e. The van der Waals surface area contributed by atoms with Crippen molar-refractivity contribution in [1.29, 1.82) is 0 Å². The van der Waals surface area contributed by atoms with Crippen molar-refractivity contribution in [1.82, 2.24) is 10.2 Å². The molecular formula is C18H13ClN2O5. The molecule has 1 aliphatic heterocycles. The fraction of sp³-hybridized carbons (Fsp3) is 0.167. The number of fused-ring (bicyclic) bond motifs is 1. The maximum absolute atomic E-state index is 12.3. The number of benzene rings is 2. The Labute approximate surface area is 153 Å². The average Bonchev–Trinajstić information content (AvgIpc) is 3.16. The van der Waals surface area contributed by atoms with Crippen molar-refractivity contribution in [2.75, 3.05) is 13.2 Å². The molecule has 0 unspecified atom stereocenters. The number of aromatic nitrogens is 2. The van der Waals surface area contributed by atoms with Crippen LogP contribution in [0.5, 0.6) is 11.5 Å². The molecule has 0 radical (unpaired) electrons. The van der Waals surface area contributed by atoms with E-state index in [9.17, 15) is 4.79 Å². The second-order valence-electron chi connectivity index (χ2n) is 5.43. The molecule has 26 heavy (non-hydrogen) atoms. The summed E-state index contributed by atoms with van der Waals surface area (Å²) in [7, 11) is 0. The van der Waals surface area contributed by atoms with Gasteiger partial charge in [0.05, 0.1) is 10.6 Å². The molecule has 0 spiro atoms. The number of hydrogen-bond acceptors (Lipinski definition) is 7. The molecule has 2 heterocycles. The van der Waals surface area contributed by atoms with E-state index in [1.807, 2.05) is 30.3 Å². The summed E-state index contributed by atoms with van der Waals surface area (Å²) in [6, 6.07) is 12.3. The van der Waals surface area contributed by atoms with Gasteiger partial charge in [-0.25, -0.2) is 4.79 Å². The van der Waals surface area contributed by atoms with Crippen molar-refractivity contribution in [3.63, 3.8) is 0 Å². The van der Waals surface area contributed by atoms with Gasteiger partial charge in [-0.15, -0.1) is 10.2 Å². The van der Waals surface area contributed by atoms with Gasteiger partial charge in [0.2, 0.25) is 5.89 Å². The normalized spacial score (nSPS) is 12.7. The lowest BCUT2D eigenvalue weighted by Crippen LogP contribution is -2.16. The fourth-order valence-electron chi connectivity index (χ4n) is 2.45. The molecule has 1 aliphatic rings. The maximum atomic E-state index is 12.3. The van der Waals surface area contributed by atoms with Crippen molar-refractivity contribution in [2.24, 2.45) is 0 Å². The zero-order valence-electron chi connectivity index (χ0n) is 13.5. The van der Waals surface area contributed by atoms with Crippen LogP contribution in [0.2, 0.25) is 5.02 Å². The second kappa shape index (κ2) is 7.05. The smallest absolute Gasteiger partial charge is 0.338 e. The van der Waals surface area contributed by atoms with Gasteiger partial charge in [-0.05, 0) is 24.3 Å². The van der Waals surface area contributed by atoms with E-state index >= 15 is 0 Å². The highest BCUT2D eigenvalue weighted by molar-refractivity contribution is 6.32. The minimum absolute atomic E-state index is 0.148. The number of hydrogen-bond donors (Lipinski definition) is 0. The van der Waals surface area contributed by atoms with Crippen molar-refractivity contribution in [2.45, 2.75) is 6.61 Å². The molecule has 1 aromatic heterocycles. The van der Waals surface area contributed by atoms with Crippen molar-refractivity contribution in [3.8, 4) is 23.0 Å². The largest absolute Gasteiger partial charge is 0.486 e. The van der Waals surface area contributed by atoms with Crippen LogP contribution in [0.1, 0.15) is 16.2 Å². The summed E-state index contributed by atoms with van der Waals surface area (Å²) in [5, 5.41) is 8.11. The lowest BCUT2D eigenvalue weighted by Gasteiger charge is -2.19. The van der Waals surface area contributed by atoms with Crippen LogP contribution in [-0.4, -0.2) is 29.4 Å². The van der Waals surface area contributed by atoms with E-state index in [2.05, 4.69) is 10.2 Å². The molecule has 0 saturated carbocycles. The third-order valence-corrected chi connectivity index (χ3v) is 3.93. The number of rotatable bonds is 4. The molecule has 7 nitrogen and oxygen atoms in total. The van der Waals surface area contributed by atoms with E-state index < -0.39 is 5.97 Å². The van der Waals surface area contributed by atoms with E-state index in [0.29, 0.717) is 35.6 Å². The van der Waals surface area contributed by atoms with Gasteiger partial charge in [-0.1, -0.05) is 29.8 Å². The molecule has 0 bridgehead atoms. The SMILES string of the molecule is O=C(OCc1nnc(-c2ccccc2)o1)c1cc(Cl)c2c(c1)OCCO2. The number of carbonyl (C=O) groups excluding carboxylic acids is 1. The van der Waals surface area contributed by atoms with Crippen LogP contribution in [0.25, 0.3) is 11.5 Å². The summed E-state index contributed by atoms with van der Waals surface area (Å²) >= 11 is 6.13. The summed E-state index contributed by atoms with van der Waals surface area (Å²) in [6.45, 7) is 0.661. The topological polar surface area (TPSA) is 83.7 Å². The Morgan fingerprint density at radius 1 is 1.12 bits per heavy atom. The van der Waals surface area contributed by atoms with Crippen LogP contribution in [0.3, 0.4) is 0 Å². The van der Waals surface area contributed by atoms with E-state index in [1.54, 1.807) is 0 Å². The van der Waals surface area contributed by atoms with Gasteiger partial charge >= 0.3 is 5.97 Å². The third-order valence-electron chi connectivity index (χ3n) is 3.65. The molecule has 8 heteroatoms. The van der Waals surface area contributed by atoms with Gasteiger partial charge in [0, 0.05) is 5.56 Å². The lowest BCUT2D eigenvalue weighted by molar-refractivity contribution is 0.0437. The van der Waals surface area contributed by atoms with Gasteiger partial charge in [-0.2, -0.15) is 0 Å². The Morgan fingerprint density at radius 2 is 1.92 bits per heavy atom. The Kier molecular flexibility index (Phi) is 4.45. The summed E-state index contributed by atoms with van der Waals surface area (Å²) in [5.74, 6) is 0.821. The zero-order chi connectivity index (χ0) is 17.9. The maximum Gasteiger partial charge on any atom is 0.338 e. The molecule has 0 aliphatic carbocycles. The Bertz CT molecular complexity index is 942. The van der Waals surface area contributed by atoms with Crippen LogP contribution in [0.4, 0.5) is 0 Å². The first kappa shape index (κ1) is 16.4. The van der Waals surface area contributed by atoms with Crippen LogP contribution in [0, 0.1) is 0 Å². The predicted octanol–water partition coefficient (Wildman–Crippen LogP) is 3.52. The molecule has 132 valence electrons. The molecule has 0 saturated heterocycles. The summed E-state index contributed by atoms with van der Waals surface area (Å²) in [5.41, 5.74) is 1.04. The highest BCUT2D eigenvalue weighted by Crippen LogP contribution is 2.38. The zero-order valence-corrected chi connectivity index (χ0v) is 14.2. The number of nitrogens with zero attached hydrogens (tertiary/aromatic N) is 2. The van der Waals surface area contributed by atoms with Crippen LogP contribution in [0.15, 0.2) is 46.9 Å². The molecule has 0 amide bonds. The standard InChI is InChI=1S/C18H13ClN2O5/c19-13-8-12(9-14-16(13)24-7-6-23-14)18(22)25-10-15-20-21-17(26-15)11-4-2-1-3-5-11/h1-5,8-9H,6-7,10H2. The number of halogens is 1. The molecular weight excluding hydrogens is 360 g/mol. The molecule has 0 N–H and O–H groups in total. The summed E-state index contributed by atoms with van der Waals surface area (Å²) < 4.78 is 21.6. The number of carbonyl (C=O) groups is 1. The first-order chi connectivity index (χ1) is 12.7. The predicted molar refractivity (Wildman–Crippen MR) is 91.3 cm³/mol. The van der Waals surface area contributed by atoms with E-state index in [0.717, 1.165) is 5.56 Å². The van der Waals surface area contributed by atoms with Crippen molar-refractivity contribution in [3.05, 3.63) is 58.9 Å². The number of ether oxygens (including phenoxy) is 3. The van der Waals surface area contributed by atoms with E-state index in [1.165, 1.54) is 12.1 Å². The average molecular weight is 373 g/mol. The van der Waals surface area contributed by atoms with Gasteiger partial charge in [0.25, 0.3) is 5.89 Å². The lowest BCUT2D eigenvalue weighted by atomic mass is 10.2. The van der Waals surface area contributed by atoms with Crippen LogP contribution < -0.4 is 9.47 Å². The van der Waals surface area contributed by atoms with E-state index in [4.69, 9.17) is 30.2 Å². The van der Waals surface area contributed by atoms with Gasteiger partial charge in [0.1, 0.15) is 13.2 Å². The second-order valence-corrected chi connectivity index (χ2v) is 5.83. The van der Waals surface area contributed by atoms with Crippen molar-refractivity contribution < 1.29 is 23.4 Å². The molecule has 4 rings (SSSR count). The molecule has 0 fully saturated rings. The van der Waals surface area contributed by atoms with Crippen LogP contribution in [-0.2, 0) is 11.3 Å². The fourth-order valence-corrected chi connectivity index (χ4v) is 2.71. The number of esters is 1. The molecule has 3 aromatic rings. The monoisotopic (exact) mass is 372 g/mol. The van der Waals surface area contributed by atoms with Gasteiger partial charge < -0.3 is 18.6 Å². The molecule has 0 atom stereocenters. The quantitative estimate of drug-likeness (QED) is 0.648. The first-order valence-corrected chi connectivity index (χ1v) is 8.22. The summed E-state index contributed by atoms with van der Waals surface area (Å²) in [6.07, 6.45) is 0. The highest BCUT2D eigenvalue weighted by Gasteiger charge is 2.20.